The fraction of sp³-hybridized carbons (Fsp3) is 0.200. The van der Waals surface area contributed by atoms with E-state index in [1.165, 1.54) is 0 Å². The van der Waals surface area contributed by atoms with Gasteiger partial charge in [0.1, 0.15) is 0 Å². The number of rotatable bonds is 4. The standard InChI is InChI=1S/C20H17ClN4O3/c21-13-5-7-14(8-6-13)25-11-12(9-18(25)26)19(27)22-10-17-15-3-1-2-4-16(15)20(28)24-23-17/h1-8,12H,9-11H2,(H,22,27)(H,24,28)/t12-/m0/s1. The summed E-state index contributed by atoms with van der Waals surface area (Å²) in [5.41, 5.74) is 1.02. The number of hydrogen-bond donors (Lipinski definition) is 2. The highest BCUT2D eigenvalue weighted by Crippen LogP contribution is 2.26. The SMILES string of the molecule is O=C(NCc1n[nH]c(=O)c2ccccc12)[C@H]1CC(=O)N(c2ccc(Cl)cc2)C1. The fourth-order valence-electron chi connectivity index (χ4n) is 3.38. The van der Waals surface area contributed by atoms with Gasteiger partial charge in [0.05, 0.1) is 23.5 Å². The lowest BCUT2D eigenvalue weighted by molar-refractivity contribution is -0.126. The predicted molar refractivity (Wildman–Crippen MR) is 106 cm³/mol. The van der Waals surface area contributed by atoms with Crippen LogP contribution in [0, 0.1) is 5.92 Å². The Morgan fingerprint density at radius 1 is 1.14 bits per heavy atom. The molecule has 0 unspecified atom stereocenters. The van der Waals surface area contributed by atoms with E-state index < -0.39 is 5.92 Å². The summed E-state index contributed by atoms with van der Waals surface area (Å²) < 4.78 is 0. The quantitative estimate of drug-likeness (QED) is 0.707. The van der Waals surface area contributed by atoms with E-state index in [1.807, 2.05) is 6.07 Å². The van der Waals surface area contributed by atoms with Crippen molar-refractivity contribution < 1.29 is 9.59 Å². The number of benzene rings is 2. The molecule has 1 fully saturated rings. The first kappa shape index (κ1) is 18.2. The number of carbonyl (C=O) groups is 2. The molecular weight excluding hydrogens is 380 g/mol. The van der Waals surface area contributed by atoms with Crippen molar-refractivity contribution in [2.45, 2.75) is 13.0 Å². The van der Waals surface area contributed by atoms with Gasteiger partial charge in [-0.3, -0.25) is 14.4 Å². The average molecular weight is 397 g/mol. The lowest BCUT2D eigenvalue weighted by Gasteiger charge is -2.16. The van der Waals surface area contributed by atoms with Crippen molar-refractivity contribution in [1.82, 2.24) is 15.5 Å². The van der Waals surface area contributed by atoms with Gasteiger partial charge in [0.25, 0.3) is 5.56 Å². The number of nitrogens with one attached hydrogen (secondary N) is 2. The van der Waals surface area contributed by atoms with Gasteiger partial charge in [0.15, 0.2) is 0 Å². The number of hydrogen-bond acceptors (Lipinski definition) is 4. The molecule has 2 N–H and O–H groups in total. The molecule has 0 bridgehead atoms. The largest absolute Gasteiger partial charge is 0.350 e. The number of nitrogens with zero attached hydrogens (tertiary/aromatic N) is 2. The molecule has 1 aliphatic rings. The molecule has 8 heteroatoms. The normalized spacial score (nSPS) is 16.5. The van der Waals surface area contributed by atoms with E-state index in [0.717, 1.165) is 5.69 Å². The lowest BCUT2D eigenvalue weighted by Crippen LogP contribution is -2.33. The van der Waals surface area contributed by atoms with Gasteiger partial charge in [-0.15, -0.1) is 0 Å². The number of halogens is 1. The predicted octanol–water partition coefficient (Wildman–Crippen LogP) is 2.25. The van der Waals surface area contributed by atoms with Crippen LogP contribution in [0.25, 0.3) is 10.8 Å². The summed E-state index contributed by atoms with van der Waals surface area (Å²) in [5, 5.41) is 11.1. The molecule has 2 amide bonds. The van der Waals surface area contributed by atoms with Gasteiger partial charge in [-0.25, -0.2) is 5.10 Å². The second kappa shape index (κ2) is 7.44. The Morgan fingerprint density at radius 2 is 1.86 bits per heavy atom. The Hall–Kier alpha value is -3.19. The van der Waals surface area contributed by atoms with E-state index in [1.54, 1.807) is 47.4 Å². The maximum absolute atomic E-state index is 12.6. The van der Waals surface area contributed by atoms with Gasteiger partial charge in [-0.1, -0.05) is 29.8 Å². The van der Waals surface area contributed by atoms with Gasteiger partial charge in [0, 0.05) is 29.1 Å². The van der Waals surface area contributed by atoms with Crippen molar-refractivity contribution in [2.24, 2.45) is 5.92 Å². The Labute approximate surface area is 165 Å². The summed E-state index contributed by atoms with van der Waals surface area (Å²) in [4.78, 5) is 38.4. The van der Waals surface area contributed by atoms with Gasteiger partial charge in [0.2, 0.25) is 11.8 Å². The van der Waals surface area contributed by atoms with Crippen LogP contribution >= 0.6 is 11.6 Å². The zero-order valence-corrected chi connectivity index (χ0v) is 15.6. The van der Waals surface area contributed by atoms with Gasteiger partial charge in [-0.2, -0.15) is 5.10 Å². The molecule has 2 aromatic carbocycles. The Kier molecular flexibility index (Phi) is 4.83. The zero-order valence-electron chi connectivity index (χ0n) is 14.8. The zero-order chi connectivity index (χ0) is 19.7. The molecule has 1 aliphatic heterocycles. The van der Waals surface area contributed by atoms with Gasteiger partial charge in [-0.05, 0) is 30.3 Å². The average Bonchev–Trinajstić information content (AvgIpc) is 3.10. The third kappa shape index (κ3) is 3.48. The van der Waals surface area contributed by atoms with Crippen molar-refractivity contribution >= 4 is 39.9 Å². The van der Waals surface area contributed by atoms with Gasteiger partial charge < -0.3 is 10.2 Å². The molecule has 1 atom stereocenters. The minimum absolute atomic E-state index is 0.102. The molecular formula is C20H17ClN4O3. The summed E-state index contributed by atoms with van der Waals surface area (Å²) in [6.07, 6.45) is 0.147. The van der Waals surface area contributed by atoms with Crippen molar-refractivity contribution in [3.8, 4) is 0 Å². The summed E-state index contributed by atoms with van der Waals surface area (Å²) in [5.74, 6) is -0.769. The highest BCUT2D eigenvalue weighted by molar-refractivity contribution is 6.30. The molecule has 2 heterocycles. The molecule has 1 saturated heterocycles. The summed E-state index contributed by atoms with van der Waals surface area (Å²) >= 11 is 5.89. The monoisotopic (exact) mass is 396 g/mol. The Balaban J connectivity index is 1.45. The van der Waals surface area contributed by atoms with Crippen LogP contribution in [0.3, 0.4) is 0 Å². The molecule has 0 spiro atoms. The summed E-state index contributed by atoms with van der Waals surface area (Å²) in [7, 11) is 0. The lowest BCUT2D eigenvalue weighted by atomic mass is 10.1. The van der Waals surface area contributed by atoms with Crippen LogP contribution in [0.15, 0.2) is 53.3 Å². The molecule has 0 radical (unpaired) electrons. The maximum Gasteiger partial charge on any atom is 0.272 e. The highest BCUT2D eigenvalue weighted by atomic mass is 35.5. The minimum atomic E-state index is -0.447. The van der Waals surface area contributed by atoms with E-state index >= 15 is 0 Å². The van der Waals surface area contributed by atoms with Crippen LogP contribution < -0.4 is 15.8 Å². The third-order valence-electron chi connectivity index (χ3n) is 4.84. The van der Waals surface area contributed by atoms with Crippen molar-refractivity contribution in [1.29, 1.82) is 0 Å². The number of H-pyrrole nitrogens is 1. The molecule has 1 aromatic heterocycles. The molecule has 7 nitrogen and oxygen atoms in total. The molecule has 28 heavy (non-hydrogen) atoms. The van der Waals surface area contributed by atoms with Crippen molar-refractivity contribution in [3.05, 3.63) is 69.6 Å². The van der Waals surface area contributed by atoms with Crippen molar-refractivity contribution in [2.75, 3.05) is 11.4 Å². The van der Waals surface area contributed by atoms with E-state index in [9.17, 15) is 14.4 Å². The number of carbonyl (C=O) groups excluding carboxylic acids is 2. The van der Waals surface area contributed by atoms with Crippen LogP contribution in [0.2, 0.25) is 5.02 Å². The van der Waals surface area contributed by atoms with E-state index in [-0.39, 0.29) is 30.3 Å². The second-order valence-corrected chi connectivity index (χ2v) is 7.08. The van der Waals surface area contributed by atoms with Crippen molar-refractivity contribution in [3.63, 3.8) is 0 Å². The minimum Gasteiger partial charge on any atom is -0.350 e. The summed E-state index contributed by atoms with van der Waals surface area (Å²) in [6.45, 7) is 0.480. The highest BCUT2D eigenvalue weighted by Gasteiger charge is 2.35. The first-order valence-corrected chi connectivity index (χ1v) is 9.20. The molecule has 142 valence electrons. The van der Waals surface area contributed by atoms with Crippen LogP contribution in [-0.2, 0) is 16.1 Å². The molecule has 3 aromatic rings. The topological polar surface area (TPSA) is 95.2 Å². The van der Waals surface area contributed by atoms with Crippen LogP contribution in [0.4, 0.5) is 5.69 Å². The molecule has 4 rings (SSSR count). The van der Waals surface area contributed by atoms with Crippen LogP contribution in [0.1, 0.15) is 12.1 Å². The summed E-state index contributed by atoms with van der Waals surface area (Å²) in [6, 6.07) is 14.0. The number of amides is 2. The van der Waals surface area contributed by atoms with E-state index in [2.05, 4.69) is 15.5 Å². The first-order valence-electron chi connectivity index (χ1n) is 8.83. The van der Waals surface area contributed by atoms with Gasteiger partial charge >= 0.3 is 0 Å². The Morgan fingerprint density at radius 3 is 2.61 bits per heavy atom. The number of fused-ring (bicyclic) bond motifs is 1. The fourth-order valence-corrected chi connectivity index (χ4v) is 3.50. The van der Waals surface area contributed by atoms with E-state index in [4.69, 9.17) is 11.6 Å². The maximum atomic E-state index is 12.6. The first-order chi connectivity index (χ1) is 13.5. The van der Waals surface area contributed by atoms with E-state index in [0.29, 0.717) is 28.0 Å². The molecule has 0 saturated carbocycles. The Bertz CT molecular complexity index is 1110. The molecule has 0 aliphatic carbocycles. The smallest absolute Gasteiger partial charge is 0.272 e. The van der Waals surface area contributed by atoms with Crippen LogP contribution in [-0.4, -0.2) is 28.6 Å². The van der Waals surface area contributed by atoms with Crippen LogP contribution in [0.5, 0.6) is 0 Å². The second-order valence-electron chi connectivity index (χ2n) is 6.64. The number of anilines is 1. The number of aromatic nitrogens is 2. The third-order valence-corrected chi connectivity index (χ3v) is 5.09. The number of aromatic amines is 1.